The topological polar surface area (TPSA) is 43.4 Å². The first-order valence-corrected chi connectivity index (χ1v) is 9.22. The van der Waals surface area contributed by atoms with Crippen molar-refractivity contribution in [3.63, 3.8) is 0 Å². The lowest BCUT2D eigenvalue weighted by Crippen LogP contribution is -2.52. The van der Waals surface area contributed by atoms with Crippen LogP contribution in [-0.2, 0) is 28.9 Å². The second kappa shape index (κ2) is 7.09. The van der Waals surface area contributed by atoms with Crippen LogP contribution in [0.5, 0.6) is 0 Å². The third-order valence-electron chi connectivity index (χ3n) is 4.72. The maximum atomic E-state index is 6.13. The van der Waals surface area contributed by atoms with Gasteiger partial charge in [0, 0.05) is 18.0 Å². The minimum Gasteiger partial charge on any atom is -0.380 e. The van der Waals surface area contributed by atoms with Crippen molar-refractivity contribution in [1.29, 1.82) is 0 Å². The van der Waals surface area contributed by atoms with Crippen LogP contribution < -0.4 is 5.32 Å². The molecular weight excluding hydrogens is 308 g/mol. The molecule has 2 atom stereocenters. The van der Waals surface area contributed by atoms with Crippen LogP contribution in [0.15, 0.2) is 35.2 Å². The van der Waals surface area contributed by atoms with Gasteiger partial charge >= 0.3 is 0 Å². The average Bonchev–Trinajstić information content (AvgIpc) is 3.23. The standard InChI is InChI=1S/C18H22N2O2S/c1-2-4-14-8-15(7-13(14)3-1)20-17-10-21-6-5-18(17)22-9-16-11-23-12-19-16/h1-4,11-12,15,17-18,20H,5-10H2/t17-,18+/m1/s1. The summed E-state index contributed by atoms with van der Waals surface area (Å²) in [5, 5.41) is 5.83. The molecule has 122 valence electrons. The highest BCUT2D eigenvalue weighted by molar-refractivity contribution is 7.07. The van der Waals surface area contributed by atoms with E-state index in [1.54, 1.807) is 11.3 Å². The summed E-state index contributed by atoms with van der Waals surface area (Å²) in [6, 6.07) is 9.50. The Morgan fingerprint density at radius 3 is 2.83 bits per heavy atom. The van der Waals surface area contributed by atoms with Crippen LogP contribution in [0.25, 0.3) is 0 Å². The van der Waals surface area contributed by atoms with Crippen LogP contribution >= 0.6 is 11.3 Å². The minimum atomic E-state index is 0.203. The van der Waals surface area contributed by atoms with E-state index < -0.39 is 0 Å². The van der Waals surface area contributed by atoms with Crippen molar-refractivity contribution < 1.29 is 9.47 Å². The van der Waals surface area contributed by atoms with Crippen molar-refractivity contribution >= 4 is 11.3 Å². The Morgan fingerprint density at radius 2 is 2.09 bits per heavy atom. The van der Waals surface area contributed by atoms with Crippen LogP contribution in [0.3, 0.4) is 0 Å². The molecule has 23 heavy (non-hydrogen) atoms. The van der Waals surface area contributed by atoms with Crippen molar-refractivity contribution in [2.75, 3.05) is 13.2 Å². The van der Waals surface area contributed by atoms with E-state index in [9.17, 15) is 0 Å². The molecule has 1 aromatic heterocycles. The number of hydrogen-bond acceptors (Lipinski definition) is 5. The summed E-state index contributed by atoms with van der Waals surface area (Å²) < 4.78 is 11.8. The zero-order valence-electron chi connectivity index (χ0n) is 13.1. The summed E-state index contributed by atoms with van der Waals surface area (Å²) in [7, 11) is 0. The highest BCUT2D eigenvalue weighted by Gasteiger charge is 2.30. The van der Waals surface area contributed by atoms with Gasteiger partial charge in [0.1, 0.15) is 0 Å². The van der Waals surface area contributed by atoms with E-state index in [0.29, 0.717) is 12.6 Å². The molecule has 4 nitrogen and oxygen atoms in total. The first-order valence-electron chi connectivity index (χ1n) is 8.28. The Bertz CT molecular complexity index is 607. The molecule has 4 rings (SSSR count). The number of benzene rings is 1. The zero-order valence-corrected chi connectivity index (χ0v) is 13.9. The predicted molar refractivity (Wildman–Crippen MR) is 90.7 cm³/mol. The van der Waals surface area contributed by atoms with E-state index in [1.165, 1.54) is 11.1 Å². The first-order chi connectivity index (χ1) is 11.4. The smallest absolute Gasteiger partial charge is 0.0901 e. The number of aromatic nitrogens is 1. The van der Waals surface area contributed by atoms with Crippen molar-refractivity contribution in [3.05, 3.63) is 52.0 Å². The van der Waals surface area contributed by atoms with Crippen LogP contribution in [0.4, 0.5) is 0 Å². The normalized spacial score (nSPS) is 24.7. The summed E-state index contributed by atoms with van der Waals surface area (Å²) in [5.74, 6) is 0. The second-order valence-corrected chi connectivity index (χ2v) is 7.06. The molecule has 1 saturated heterocycles. The molecule has 1 fully saturated rings. The second-order valence-electron chi connectivity index (χ2n) is 6.34. The van der Waals surface area contributed by atoms with Crippen LogP contribution in [-0.4, -0.2) is 36.4 Å². The molecule has 1 aliphatic carbocycles. The number of nitrogens with zero attached hydrogens (tertiary/aromatic N) is 1. The molecule has 0 bridgehead atoms. The molecule has 0 amide bonds. The fourth-order valence-corrected chi connectivity index (χ4v) is 4.10. The van der Waals surface area contributed by atoms with Gasteiger partial charge in [0.05, 0.1) is 36.6 Å². The van der Waals surface area contributed by atoms with Gasteiger partial charge in [-0.3, -0.25) is 0 Å². The van der Waals surface area contributed by atoms with E-state index in [4.69, 9.17) is 9.47 Å². The fraction of sp³-hybridized carbons (Fsp3) is 0.500. The van der Waals surface area contributed by atoms with Gasteiger partial charge in [-0.15, -0.1) is 11.3 Å². The number of nitrogens with one attached hydrogen (secondary N) is 1. The Hall–Kier alpha value is -1.27. The summed E-state index contributed by atoms with van der Waals surface area (Å²) >= 11 is 1.61. The molecule has 1 aliphatic heterocycles. The van der Waals surface area contributed by atoms with Gasteiger partial charge in [-0.05, 0) is 30.4 Å². The number of fused-ring (bicyclic) bond motifs is 1. The van der Waals surface area contributed by atoms with Gasteiger partial charge in [0.15, 0.2) is 0 Å². The van der Waals surface area contributed by atoms with E-state index in [2.05, 4.69) is 39.9 Å². The lowest BCUT2D eigenvalue weighted by Gasteiger charge is -2.34. The minimum absolute atomic E-state index is 0.203. The number of hydrogen-bond donors (Lipinski definition) is 1. The number of rotatable bonds is 5. The van der Waals surface area contributed by atoms with Gasteiger partial charge in [-0.25, -0.2) is 4.98 Å². The summed E-state index contributed by atoms with van der Waals surface area (Å²) in [4.78, 5) is 4.30. The van der Waals surface area contributed by atoms with Gasteiger partial charge in [-0.2, -0.15) is 0 Å². The van der Waals surface area contributed by atoms with E-state index in [0.717, 1.165) is 38.2 Å². The summed E-state index contributed by atoms with van der Waals surface area (Å²) in [5.41, 5.74) is 5.82. The Kier molecular flexibility index (Phi) is 4.71. The molecule has 0 unspecified atom stereocenters. The summed E-state index contributed by atoms with van der Waals surface area (Å²) in [6.45, 7) is 2.11. The fourth-order valence-electron chi connectivity index (χ4n) is 3.55. The molecule has 1 aromatic carbocycles. The van der Waals surface area contributed by atoms with Crippen molar-refractivity contribution in [2.45, 2.75) is 44.1 Å². The van der Waals surface area contributed by atoms with Crippen LogP contribution in [0.1, 0.15) is 23.2 Å². The van der Waals surface area contributed by atoms with E-state index >= 15 is 0 Å². The predicted octanol–water partition coefficient (Wildman–Crippen LogP) is 2.57. The molecule has 2 heterocycles. The first kappa shape index (κ1) is 15.3. The third-order valence-corrected chi connectivity index (χ3v) is 5.36. The average molecular weight is 330 g/mol. The molecule has 2 aliphatic rings. The quantitative estimate of drug-likeness (QED) is 0.915. The molecule has 1 N–H and O–H groups in total. The van der Waals surface area contributed by atoms with Gasteiger partial charge in [-0.1, -0.05) is 24.3 Å². The van der Waals surface area contributed by atoms with Crippen LogP contribution in [0.2, 0.25) is 0 Å². The van der Waals surface area contributed by atoms with Gasteiger partial charge in [0.2, 0.25) is 0 Å². The SMILES string of the molecule is c1ccc2c(c1)CC(N[C@@H]1COCC[C@@H]1OCc1cscn1)C2. The highest BCUT2D eigenvalue weighted by Crippen LogP contribution is 2.23. The molecule has 5 heteroatoms. The van der Waals surface area contributed by atoms with Crippen molar-refractivity contribution in [3.8, 4) is 0 Å². The van der Waals surface area contributed by atoms with E-state index in [1.807, 2.05) is 5.51 Å². The van der Waals surface area contributed by atoms with Crippen molar-refractivity contribution in [1.82, 2.24) is 10.3 Å². The Labute approximate surface area is 140 Å². The number of thiazole rings is 1. The Balaban J connectivity index is 1.35. The van der Waals surface area contributed by atoms with Crippen molar-refractivity contribution in [2.24, 2.45) is 0 Å². The number of ether oxygens (including phenoxy) is 2. The Morgan fingerprint density at radius 1 is 1.26 bits per heavy atom. The molecule has 0 radical (unpaired) electrons. The molecule has 0 saturated carbocycles. The third kappa shape index (κ3) is 3.63. The van der Waals surface area contributed by atoms with Crippen LogP contribution in [0, 0.1) is 0 Å². The molecule has 0 spiro atoms. The zero-order chi connectivity index (χ0) is 15.5. The molecule has 2 aromatic rings. The lowest BCUT2D eigenvalue weighted by atomic mass is 10.0. The van der Waals surface area contributed by atoms with E-state index in [-0.39, 0.29) is 12.1 Å². The summed E-state index contributed by atoms with van der Waals surface area (Å²) in [6.07, 6.45) is 3.35. The highest BCUT2D eigenvalue weighted by atomic mass is 32.1. The molecular formula is C18H22N2O2S. The maximum Gasteiger partial charge on any atom is 0.0901 e. The monoisotopic (exact) mass is 330 g/mol. The van der Waals surface area contributed by atoms with Gasteiger partial charge < -0.3 is 14.8 Å². The van der Waals surface area contributed by atoms with Gasteiger partial charge in [0.25, 0.3) is 0 Å². The largest absolute Gasteiger partial charge is 0.380 e. The maximum absolute atomic E-state index is 6.13. The lowest BCUT2D eigenvalue weighted by molar-refractivity contribution is -0.0656.